The first-order valence-corrected chi connectivity index (χ1v) is 9.41. The molecule has 142 valence electrons. The smallest absolute Gasteiger partial charge is 0.409 e. The fourth-order valence-electron chi connectivity index (χ4n) is 3.36. The minimum atomic E-state index is -0.275. The van der Waals surface area contributed by atoms with Gasteiger partial charge in [-0.2, -0.15) is 0 Å². The summed E-state index contributed by atoms with van der Waals surface area (Å²) in [6.45, 7) is 7.89. The van der Waals surface area contributed by atoms with Crippen molar-refractivity contribution < 1.29 is 19.1 Å². The molecule has 2 N–H and O–H groups in total. The molecule has 1 saturated carbocycles. The molecule has 1 saturated heterocycles. The highest BCUT2D eigenvalue weighted by Gasteiger charge is 2.38. The Morgan fingerprint density at radius 3 is 2.68 bits per heavy atom. The molecule has 1 aliphatic carbocycles. The zero-order chi connectivity index (χ0) is 18.4. The Morgan fingerprint density at radius 1 is 1.32 bits per heavy atom. The number of likely N-dealkylation sites (tertiary alicyclic amines) is 1. The van der Waals surface area contributed by atoms with Crippen LogP contribution < -0.4 is 10.6 Å². The minimum Gasteiger partial charge on any atom is -0.450 e. The summed E-state index contributed by atoms with van der Waals surface area (Å²) in [5.41, 5.74) is 0. The molecule has 3 amide bonds. The van der Waals surface area contributed by atoms with Gasteiger partial charge in [-0.25, -0.2) is 4.79 Å². The Balaban J connectivity index is 1.67. The first-order chi connectivity index (χ1) is 11.9. The standard InChI is InChI=1S/C18H31N3O4/c1-4-25-18(24)21-9-5-6-14(11-21)13(3)20-16(22)7-8-19-17(23)15-10-12(15)2/h12-15H,4-11H2,1-3H3,(H,19,23)(H,20,22)/t12-,13-,14-,15-/m0/s1. The number of hydrogen-bond donors (Lipinski definition) is 2. The molecule has 1 heterocycles. The molecule has 0 spiro atoms. The highest BCUT2D eigenvalue weighted by molar-refractivity contribution is 5.82. The van der Waals surface area contributed by atoms with Crippen molar-refractivity contribution in [2.24, 2.45) is 17.8 Å². The number of piperidine rings is 1. The number of hydrogen-bond acceptors (Lipinski definition) is 4. The summed E-state index contributed by atoms with van der Waals surface area (Å²) in [7, 11) is 0. The van der Waals surface area contributed by atoms with Crippen LogP contribution in [0.5, 0.6) is 0 Å². The average molecular weight is 353 g/mol. The molecule has 0 bridgehead atoms. The summed E-state index contributed by atoms with van der Waals surface area (Å²) in [4.78, 5) is 37.4. The van der Waals surface area contributed by atoms with E-state index in [4.69, 9.17) is 4.74 Å². The van der Waals surface area contributed by atoms with Crippen molar-refractivity contribution in [1.82, 2.24) is 15.5 Å². The molecule has 7 heteroatoms. The van der Waals surface area contributed by atoms with Crippen LogP contribution in [0.4, 0.5) is 4.79 Å². The van der Waals surface area contributed by atoms with Gasteiger partial charge in [0, 0.05) is 38.0 Å². The van der Waals surface area contributed by atoms with Crippen LogP contribution in [0.3, 0.4) is 0 Å². The maximum absolute atomic E-state index is 12.1. The Labute approximate surface area is 149 Å². The van der Waals surface area contributed by atoms with Gasteiger partial charge in [-0.3, -0.25) is 9.59 Å². The Kier molecular flexibility index (Phi) is 7.08. The second-order valence-electron chi connectivity index (χ2n) is 7.26. The van der Waals surface area contributed by atoms with Crippen molar-refractivity contribution in [3.8, 4) is 0 Å². The molecule has 4 atom stereocenters. The van der Waals surface area contributed by atoms with Gasteiger partial charge in [-0.1, -0.05) is 6.92 Å². The van der Waals surface area contributed by atoms with E-state index in [9.17, 15) is 14.4 Å². The van der Waals surface area contributed by atoms with Crippen LogP contribution in [0.25, 0.3) is 0 Å². The third-order valence-corrected chi connectivity index (χ3v) is 5.18. The van der Waals surface area contributed by atoms with Gasteiger partial charge in [0.05, 0.1) is 6.61 Å². The third-order valence-electron chi connectivity index (χ3n) is 5.18. The van der Waals surface area contributed by atoms with E-state index in [0.717, 1.165) is 19.3 Å². The lowest BCUT2D eigenvalue weighted by atomic mass is 9.91. The largest absolute Gasteiger partial charge is 0.450 e. The lowest BCUT2D eigenvalue weighted by molar-refractivity contribution is -0.123. The Bertz CT molecular complexity index is 497. The highest BCUT2D eigenvalue weighted by Crippen LogP contribution is 2.37. The Morgan fingerprint density at radius 2 is 2.04 bits per heavy atom. The molecule has 1 aliphatic heterocycles. The minimum absolute atomic E-state index is 0.0103. The summed E-state index contributed by atoms with van der Waals surface area (Å²) in [5, 5.41) is 5.82. The van der Waals surface area contributed by atoms with Crippen LogP contribution in [0.1, 0.15) is 46.5 Å². The van der Waals surface area contributed by atoms with Crippen LogP contribution in [0, 0.1) is 17.8 Å². The SMILES string of the molecule is CCOC(=O)N1CCC[C@H]([C@H](C)NC(=O)CCNC(=O)[C@H]2C[C@@H]2C)C1. The van der Waals surface area contributed by atoms with Gasteiger partial charge < -0.3 is 20.3 Å². The van der Waals surface area contributed by atoms with Crippen LogP contribution in [0.2, 0.25) is 0 Å². The maximum Gasteiger partial charge on any atom is 0.409 e. The van der Waals surface area contributed by atoms with Crippen molar-refractivity contribution in [3.05, 3.63) is 0 Å². The van der Waals surface area contributed by atoms with E-state index in [1.807, 2.05) is 6.92 Å². The van der Waals surface area contributed by atoms with E-state index in [2.05, 4.69) is 17.6 Å². The van der Waals surface area contributed by atoms with E-state index in [1.165, 1.54) is 0 Å². The molecule has 2 fully saturated rings. The quantitative estimate of drug-likeness (QED) is 0.726. The lowest BCUT2D eigenvalue weighted by Crippen LogP contribution is -2.48. The molecule has 2 aliphatic rings. The molecule has 0 unspecified atom stereocenters. The topological polar surface area (TPSA) is 87.7 Å². The molecule has 0 aromatic carbocycles. The van der Waals surface area contributed by atoms with E-state index in [0.29, 0.717) is 32.2 Å². The number of nitrogens with zero attached hydrogens (tertiary/aromatic N) is 1. The Hall–Kier alpha value is -1.79. The highest BCUT2D eigenvalue weighted by atomic mass is 16.6. The number of nitrogens with one attached hydrogen (secondary N) is 2. The molecule has 0 aromatic rings. The molecule has 0 aromatic heterocycles. The van der Waals surface area contributed by atoms with Gasteiger partial charge in [0.2, 0.25) is 11.8 Å². The molecular formula is C18H31N3O4. The van der Waals surface area contributed by atoms with Crippen molar-refractivity contribution >= 4 is 17.9 Å². The van der Waals surface area contributed by atoms with Gasteiger partial charge in [-0.15, -0.1) is 0 Å². The maximum atomic E-state index is 12.1. The number of carbonyl (C=O) groups excluding carboxylic acids is 3. The van der Waals surface area contributed by atoms with Crippen LogP contribution in [0.15, 0.2) is 0 Å². The van der Waals surface area contributed by atoms with E-state index in [-0.39, 0.29) is 42.2 Å². The average Bonchev–Trinajstić information content (AvgIpc) is 3.32. The van der Waals surface area contributed by atoms with Crippen LogP contribution in [-0.2, 0) is 14.3 Å². The second-order valence-corrected chi connectivity index (χ2v) is 7.26. The number of rotatable bonds is 7. The first-order valence-electron chi connectivity index (χ1n) is 9.41. The second kappa shape index (κ2) is 9.06. The van der Waals surface area contributed by atoms with Gasteiger partial charge in [-0.05, 0) is 44.9 Å². The van der Waals surface area contributed by atoms with E-state index < -0.39 is 0 Å². The van der Waals surface area contributed by atoms with Crippen molar-refractivity contribution in [2.75, 3.05) is 26.2 Å². The van der Waals surface area contributed by atoms with Crippen LogP contribution >= 0.6 is 0 Å². The van der Waals surface area contributed by atoms with Crippen molar-refractivity contribution in [1.29, 1.82) is 0 Å². The summed E-state index contributed by atoms with van der Waals surface area (Å²) in [6, 6.07) is -0.0103. The van der Waals surface area contributed by atoms with E-state index >= 15 is 0 Å². The van der Waals surface area contributed by atoms with E-state index in [1.54, 1.807) is 11.8 Å². The van der Waals surface area contributed by atoms with Crippen molar-refractivity contribution in [3.63, 3.8) is 0 Å². The van der Waals surface area contributed by atoms with Gasteiger partial charge in [0.15, 0.2) is 0 Å². The van der Waals surface area contributed by atoms with Gasteiger partial charge in [0.25, 0.3) is 0 Å². The van der Waals surface area contributed by atoms with Gasteiger partial charge in [0.1, 0.15) is 0 Å². The lowest BCUT2D eigenvalue weighted by Gasteiger charge is -2.35. The van der Waals surface area contributed by atoms with Gasteiger partial charge >= 0.3 is 6.09 Å². The molecule has 0 radical (unpaired) electrons. The summed E-state index contributed by atoms with van der Waals surface area (Å²) in [5.74, 6) is 0.834. The summed E-state index contributed by atoms with van der Waals surface area (Å²) >= 11 is 0. The molecular weight excluding hydrogens is 322 g/mol. The fourth-order valence-corrected chi connectivity index (χ4v) is 3.36. The predicted molar refractivity (Wildman–Crippen MR) is 93.8 cm³/mol. The molecule has 25 heavy (non-hydrogen) atoms. The number of amides is 3. The zero-order valence-corrected chi connectivity index (χ0v) is 15.5. The fraction of sp³-hybridized carbons (Fsp3) is 0.833. The van der Waals surface area contributed by atoms with Crippen LogP contribution in [-0.4, -0.2) is 55.1 Å². The first kappa shape index (κ1) is 19.5. The normalized spacial score (nSPS) is 26.5. The third kappa shape index (κ3) is 5.90. The number of carbonyl (C=O) groups is 3. The monoisotopic (exact) mass is 353 g/mol. The molecule has 2 rings (SSSR count). The molecule has 7 nitrogen and oxygen atoms in total. The summed E-state index contributed by atoms with van der Waals surface area (Å²) in [6.07, 6.45) is 2.86. The number of ether oxygens (including phenoxy) is 1. The summed E-state index contributed by atoms with van der Waals surface area (Å²) < 4.78 is 5.06. The predicted octanol–water partition coefficient (Wildman–Crippen LogP) is 1.52. The van der Waals surface area contributed by atoms with Crippen molar-refractivity contribution in [2.45, 2.75) is 52.5 Å². The zero-order valence-electron chi connectivity index (χ0n) is 15.5.